The Balaban J connectivity index is 1.63. The third-order valence-electron chi connectivity index (χ3n) is 3.96. The van der Waals surface area contributed by atoms with Gasteiger partial charge in [-0.25, -0.2) is 0 Å². The van der Waals surface area contributed by atoms with Gasteiger partial charge in [0, 0.05) is 16.6 Å². The summed E-state index contributed by atoms with van der Waals surface area (Å²) in [6.45, 7) is 0.852. The lowest BCUT2D eigenvalue weighted by atomic mass is 10.0. The molecule has 1 atom stereocenters. The number of halogens is 1. The molecule has 0 amide bonds. The first kappa shape index (κ1) is 16.1. The van der Waals surface area contributed by atoms with Gasteiger partial charge in [-0.1, -0.05) is 34.1 Å². The van der Waals surface area contributed by atoms with Crippen molar-refractivity contribution in [3.8, 4) is 0 Å². The Bertz CT molecular complexity index is 735. The summed E-state index contributed by atoms with van der Waals surface area (Å²) in [5.41, 5.74) is 0.549. The maximum absolute atomic E-state index is 12.2. The summed E-state index contributed by atoms with van der Waals surface area (Å²) in [6, 6.07) is 11.3. The number of hydrogen-bond acceptors (Lipinski definition) is 4. The number of esters is 1. The molecule has 4 nitrogen and oxygen atoms in total. The molecule has 5 heteroatoms. The Kier molecular flexibility index (Phi) is 5.08. The average Bonchev–Trinajstić information content (AvgIpc) is 2.59. The van der Waals surface area contributed by atoms with Crippen LogP contribution in [0.2, 0.25) is 0 Å². The van der Waals surface area contributed by atoms with Crippen molar-refractivity contribution < 1.29 is 19.1 Å². The topological polar surface area (TPSA) is 52.6 Å². The number of carbonyl (C=O) groups is 2. The Morgan fingerprint density at radius 1 is 1.17 bits per heavy atom. The number of benzene rings is 2. The van der Waals surface area contributed by atoms with E-state index in [2.05, 4.69) is 15.9 Å². The van der Waals surface area contributed by atoms with Crippen LogP contribution in [0.5, 0.6) is 0 Å². The summed E-state index contributed by atoms with van der Waals surface area (Å²) in [5, 5.41) is 2.03. The van der Waals surface area contributed by atoms with Crippen LogP contribution in [0.25, 0.3) is 10.8 Å². The van der Waals surface area contributed by atoms with Gasteiger partial charge in [-0.2, -0.15) is 0 Å². The van der Waals surface area contributed by atoms with Gasteiger partial charge in [-0.15, -0.1) is 0 Å². The summed E-state index contributed by atoms with van der Waals surface area (Å²) in [7, 11) is 0. The zero-order valence-corrected chi connectivity index (χ0v) is 14.2. The predicted molar refractivity (Wildman–Crippen MR) is 90.5 cm³/mol. The Morgan fingerprint density at radius 2 is 1.96 bits per heavy atom. The van der Waals surface area contributed by atoms with Gasteiger partial charge in [0.05, 0.1) is 12.5 Å². The molecule has 1 aliphatic heterocycles. The highest BCUT2D eigenvalue weighted by Crippen LogP contribution is 2.21. The summed E-state index contributed by atoms with van der Waals surface area (Å²) >= 11 is 3.42. The van der Waals surface area contributed by atoms with E-state index in [0.717, 1.165) is 28.1 Å². The minimum Gasteiger partial charge on any atom is -0.457 e. The molecule has 1 saturated heterocycles. The standard InChI is InChI=1S/C18H17BrO4/c19-16-6-5-12-8-14(4-3-13(12)9-16)17(20)11-23-18(21)15-2-1-7-22-10-15/h3-6,8-9,15H,1-2,7,10-11H2/t15-/m0/s1. The molecule has 0 spiro atoms. The van der Waals surface area contributed by atoms with Gasteiger partial charge in [0.25, 0.3) is 0 Å². The third kappa shape index (κ3) is 3.98. The monoisotopic (exact) mass is 376 g/mol. The van der Waals surface area contributed by atoms with Crippen LogP contribution in [-0.2, 0) is 14.3 Å². The fourth-order valence-electron chi connectivity index (χ4n) is 2.65. The maximum Gasteiger partial charge on any atom is 0.311 e. The molecule has 23 heavy (non-hydrogen) atoms. The van der Waals surface area contributed by atoms with Gasteiger partial charge in [-0.05, 0) is 41.8 Å². The fourth-order valence-corrected chi connectivity index (χ4v) is 3.03. The van der Waals surface area contributed by atoms with E-state index in [1.807, 2.05) is 30.3 Å². The zero-order valence-electron chi connectivity index (χ0n) is 12.6. The van der Waals surface area contributed by atoms with Crippen LogP contribution in [-0.4, -0.2) is 31.6 Å². The highest BCUT2D eigenvalue weighted by molar-refractivity contribution is 9.10. The van der Waals surface area contributed by atoms with Gasteiger partial charge in [0.1, 0.15) is 0 Å². The van der Waals surface area contributed by atoms with E-state index in [0.29, 0.717) is 18.8 Å². The highest BCUT2D eigenvalue weighted by Gasteiger charge is 2.24. The van der Waals surface area contributed by atoms with E-state index in [9.17, 15) is 9.59 Å². The van der Waals surface area contributed by atoms with Crippen molar-refractivity contribution in [1.29, 1.82) is 0 Å². The molecular formula is C18H17BrO4. The van der Waals surface area contributed by atoms with E-state index >= 15 is 0 Å². The summed E-state index contributed by atoms with van der Waals surface area (Å²) in [6.07, 6.45) is 1.62. The first-order chi connectivity index (χ1) is 11.1. The van der Waals surface area contributed by atoms with Crippen LogP contribution >= 0.6 is 15.9 Å². The van der Waals surface area contributed by atoms with Crippen molar-refractivity contribution in [2.75, 3.05) is 19.8 Å². The highest BCUT2D eigenvalue weighted by atomic mass is 79.9. The van der Waals surface area contributed by atoms with E-state index in [1.54, 1.807) is 6.07 Å². The zero-order chi connectivity index (χ0) is 16.2. The number of rotatable bonds is 4. The second kappa shape index (κ2) is 7.23. The van der Waals surface area contributed by atoms with Crippen molar-refractivity contribution >= 4 is 38.5 Å². The predicted octanol–water partition coefficient (Wildman–Crippen LogP) is 3.75. The van der Waals surface area contributed by atoms with Gasteiger partial charge in [0.15, 0.2) is 12.4 Å². The fraction of sp³-hybridized carbons (Fsp3) is 0.333. The molecule has 0 radical (unpaired) electrons. The smallest absolute Gasteiger partial charge is 0.311 e. The molecule has 0 saturated carbocycles. The molecule has 0 aromatic heterocycles. The quantitative estimate of drug-likeness (QED) is 0.602. The number of carbonyl (C=O) groups excluding carboxylic acids is 2. The number of Topliss-reactive ketones (excluding diaryl/α,β-unsaturated/α-hetero) is 1. The van der Waals surface area contributed by atoms with Gasteiger partial charge < -0.3 is 9.47 Å². The molecule has 1 aliphatic rings. The number of ketones is 1. The third-order valence-corrected chi connectivity index (χ3v) is 4.46. The van der Waals surface area contributed by atoms with E-state index < -0.39 is 0 Å². The average molecular weight is 377 g/mol. The number of ether oxygens (including phenoxy) is 2. The lowest BCUT2D eigenvalue weighted by Crippen LogP contribution is -2.28. The first-order valence-corrected chi connectivity index (χ1v) is 8.40. The SMILES string of the molecule is O=C(COC(=O)[C@H]1CCCOC1)c1ccc2cc(Br)ccc2c1. The van der Waals surface area contributed by atoms with Crippen molar-refractivity contribution in [2.45, 2.75) is 12.8 Å². The second-order valence-corrected chi connectivity index (χ2v) is 6.57. The minimum atomic E-state index is -0.345. The Hall–Kier alpha value is -1.72. The second-order valence-electron chi connectivity index (χ2n) is 5.65. The van der Waals surface area contributed by atoms with Crippen LogP contribution in [0.3, 0.4) is 0 Å². The molecule has 2 aromatic rings. The first-order valence-electron chi connectivity index (χ1n) is 7.60. The lowest BCUT2D eigenvalue weighted by molar-refractivity contribution is -0.151. The molecule has 1 fully saturated rings. The van der Waals surface area contributed by atoms with E-state index in [1.165, 1.54) is 0 Å². The normalized spacial score (nSPS) is 17.9. The molecule has 2 aromatic carbocycles. The van der Waals surface area contributed by atoms with Crippen molar-refractivity contribution in [2.24, 2.45) is 5.92 Å². The molecular weight excluding hydrogens is 360 g/mol. The van der Waals surface area contributed by atoms with Crippen molar-refractivity contribution in [3.63, 3.8) is 0 Å². The van der Waals surface area contributed by atoms with E-state index in [-0.39, 0.29) is 24.3 Å². The van der Waals surface area contributed by atoms with Crippen molar-refractivity contribution in [1.82, 2.24) is 0 Å². The van der Waals surface area contributed by atoms with Crippen LogP contribution in [0.4, 0.5) is 0 Å². The Labute approximate surface area is 142 Å². The summed E-state index contributed by atoms with van der Waals surface area (Å²) in [4.78, 5) is 24.1. The molecule has 3 rings (SSSR count). The molecule has 0 N–H and O–H groups in total. The van der Waals surface area contributed by atoms with Crippen LogP contribution < -0.4 is 0 Å². The molecule has 0 bridgehead atoms. The van der Waals surface area contributed by atoms with Crippen LogP contribution in [0, 0.1) is 5.92 Å². The summed E-state index contributed by atoms with van der Waals surface area (Å²) < 4.78 is 11.4. The lowest BCUT2D eigenvalue weighted by Gasteiger charge is -2.20. The largest absolute Gasteiger partial charge is 0.457 e. The Morgan fingerprint density at radius 3 is 2.74 bits per heavy atom. The van der Waals surface area contributed by atoms with Crippen molar-refractivity contribution in [3.05, 3.63) is 46.4 Å². The minimum absolute atomic E-state index is 0.195. The van der Waals surface area contributed by atoms with Gasteiger partial charge in [-0.3, -0.25) is 9.59 Å². The molecule has 0 aliphatic carbocycles. The molecule has 120 valence electrons. The number of fused-ring (bicyclic) bond motifs is 1. The molecule has 1 heterocycles. The van der Waals surface area contributed by atoms with Gasteiger partial charge >= 0.3 is 5.97 Å². The number of hydrogen-bond donors (Lipinski definition) is 0. The van der Waals surface area contributed by atoms with Crippen LogP contribution in [0.1, 0.15) is 23.2 Å². The molecule has 0 unspecified atom stereocenters. The van der Waals surface area contributed by atoms with Gasteiger partial charge in [0.2, 0.25) is 0 Å². The maximum atomic E-state index is 12.2. The van der Waals surface area contributed by atoms with E-state index in [4.69, 9.17) is 9.47 Å². The van der Waals surface area contributed by atoms with Crippen LogP contribution in [0.15, 0.2) is 40.9 Å². The summed E-state index contributed by atoms with van der Waals surface area (Å²) in [5.74, 6) is -0.784.